The number of carbonyl (C=O) groups excluding carboxylic acids is 1. The molecule has 0 saturated carbocycles. The minimum absolute atomic E-state index is 0.0774. The molecular weight excluding hydrogens is 268 g/mol. The van der Waals surface area contributed by atoms with Crippen molar-refractivity contribution in [1.82, 2.24) is 4.90 Å². The summed E-state index contributed by atoms with van der Waals surface area (Å²) in [6.45, 7) is 2.42. The third kappa shape index (κ3) is 2.40. The highest BCUT2D eigenvalue weighted by Gasteiger charge is 2.43. The van der Waals surface area contributed by atoms with Crippen LogP contribution < -0.4 is 10.1 Å². The standard InChI is InChI=1S/C16H20N2O3/c19-16-14-9-12(10-18(14)11-5-7-20-8-6-11)21-15-4-2-1-3-13(15)17-16/h1-4,11-12,14H,5-10H2,(H,17,19)/t12-,14-/m0/s1. The van der Waals surface area contributed by atoms with E-state index in [-0.39, 0.29) is 18.1 Å². The van der Waals surface area contributed by atoms with Crippen LogP contribution >= 0.6 is 0 Å². The predicted octanol–water partition coefficient (Wildman–Crippen LogP) is 1.64. The molecular formula is C16H20N2O3. The topological polar surface area (TPSA) is 50.8 Å². The number of fused-ring (bicyclic) bond motifs is 3. The maximum absolute atomic E-state index is 12.6. The van der Waals surface area contributed by atoms with Gasteiger partial charge in [-0.25, -0.2) is 0 Å². The van der Waals surface area contributed by atoms with Crippen LogP contribution in [0.1, 0.15) is 19.3 Å². The Labute approximate surface area is 124 Å². The number of rotatable bonds is 1. The Morgan fingerprint density at radius 3 is 2.86 bits per heavy atom. The number of hydrogen-bond donors (Lipinski definition) is 1. The van der Waals surface area contributed by atoms with E-state index in [0.717, 1.165) is 50.5 Å². The van der Waals surface area contributed by atoms with E-state index in [2.05, 4.69) is 10.2 Å². The van der Waals surface area contributed by atoms with Gasteiger partial charge in [-0.2, -0.15) is 0 Å². The second kappa shape index (κ2) is 5.31. The van der Waals surface area contributed by atoms with Crippen LogP contribution in [0.25, 0.3) is 0 Å². The van der Waals surface area contributed by atoms with E-state index < -0.39 is 0 Å². The van der Waals surface area contributed by atoms with Gasteiger partial charge in [0.25, 0.3) is 0 Å². The molecule has 21 heavy (non-hydrogen) atoms. The molecule has 0 radical (unpaired) electrons. The summed E-state index contributed by atoms with van der Waals surface area (Å²) in [4.78, 5) is 14.9. The van der Waals surface area contributed by atoms with Gasteiger partial charge in [0.1, 0.15) is 11.9 Å². The molecule has 2 bridgehead atoms. The molecule has 2 atom stereocenters. The first-order chi connectivity index (χ1) is 10.3. The summed E-state index contributed by atoms with van der Waals surface area (Å²) < 4.78 is 11.5. The Balaban J connectivity index is 1.60. The SMILES string of the molecule is O=C1Nc2ccccc2O[C@H]2C[C@@H]1N(C1CCOCC1)C2. The second-order valence-electron chi connectivity index (χ2n) is 6.02. The Hall–Kier alpha value is -1.59. The van der Waals surface area contributed by atoms with Crippen molar-refractivity contribution in [2.45, 2.75) is 37.5 Å². The summed E-state index contributed by atoms with van der Waals surface area (Å²) in [6.07, 6.45) is 2.88. The first-order valence-corrected chi connectivity index (χ1v) is 7.71. The van der Waals surface area contributed by atoms with Crippen LogP contribution in [-0.2, 0) is 9.53 Å². The lowest BCUT2D eigenvalue weighted by Crippen LogP contribution is -2.47. The van der Waals surface area contributed by atoms with Gasteiger partial charge < -0.3 is 14.8 Å². The molecule has 112 valence electrons. The van der Waals surface area contributed by atoms with Crippen molar-refractivity contribution in [2.75, 3.05) is 25.1 Å². The second-order valence-corrected chi connectivity index (χ2v) is 6.02. The largest absolute Gasteiger partial charge is 0.487 e. The number of nitrogens with zero attached hydrogens (tertiary/aromatic N) is 1. The average Bonchev–Trinajstić information content (AvgIpc) is 2.94. The Morgan fingerprint density at radius 2 is 2.00 bits per heavy atom. The van der Waals surface area contributed by atoms with Gasteiger partial charge in [-0.15, -0.1) is 0 Å². The molecule has 3 heterocycles. The summed E-state index contributed by atoms with van der Waals surface area (Å²) in [5, 5.41) is 3.02. The molecule has 5 nitrogen and oxygen atoms in total. The zero-order chi connectivity index (χ0) is 14.2. The van der Waals surface area contributed by atoms with Crippen LogP contribution in [0.5, 0.6) is 5.75 Å². The summed E-state index contributed by atoms with van der Waals surface area (Å²) in [5.74, 6) is 0.878. The highest BCUT2D eigenvalue weighted by Crippen LogP contribution is 2.34. The van der Waals surface area contributed by atoms with E-state index in [9.17, 15) is 4.79 Å². The first kappa shape index (κ1) is 13.1. The van der Waals surface area contributed by atoms with E-state index in [1.54, 1.807) is 0 Å². The van der Waals surface area contributed by atoms with Gasteiger partial charge in [-0.05, 0) is 25.0 Å². The minimum Gasteiger partial charge on any atom is -0.487 e. The summed E-state index contributed by atoms with van der Waals surface area (Å²) in [6, 6.07) is 8.04. The molecule has 0 unspecified atom stereocenters. The molecule has 3 aliphatic rings. The van der Waals surface area contributed by atoms with Crippen LogP contribution in [0.3, 0.4) is 0 Å². The molecule has 1 aromatic rings. The van der Waals surface area contributed by atoms with E-state index in [4.69, 9.17) is 9.47 Å². The van der Waals surface area contributed by atoms with E-state index in [1.165, 1.54) is 0 Å². The van der Waals surface area contributed by atoms with Gasteiger partial charge in [0.15, 0.2) is 0 Å². The smallest absolute Gasteiger partial charge is 0.241 e. The van der Waals surface area contributed by atoms with Crippen LogP contribution in [0, 0.1) is 0 Å². The van der Waals surface area contributed by atoms with Crippen molar-refractivity contribution in [2.24, 2.45) is 0 Å². The molecule has 2 saturated heterocycles. The fourth-order valence-corrected chi connectivity index (χ4v) is 3.65. The number of nitrogens with one attached hydrogen (secondary N) is 1. The number of carbonyl (C=O) groups is 1. The molecule has 5 heteroatoms. The van der Waals surface area contributed by atoms with E-state index in [1.807, 2.05) is 24.3 Å². The lowest BCUT2D eigenvalue weighted by atomic mass is 10.1. The molecule has 1 amide bonds. The zero-order valence-corrected chi connectivity index (χ0v) is 12.0. The fraction of sp³-hybridized carbons (Fsp3) is 0.562. The molecule has 3 aliphatic heterocycles. The molecule has 0 spiro atoms. The molecule has 1 N–H and O–H groups in total. The van der Waals surface area contributed by atoms with Gasteiger partial charge in [0, 0.05) is 32.2 Å². The molecule has 0 aliphatic carbocycles. The van der Waals surface area contributed by atoms with Crippen molar-refractivity contribution in [3.8, 4) is 5.75 Å². The Bertz CT molecular complexity index is 542. The number of benzene rings is 1. The highest BCUT2D eigenvalue weighted by atomic mass is 16.5. The lowest BCUT2D eigenvalue weighted by Gasteiger charge is -2.34. The quantitative estimate of drug-likeness (QED) is 0.853. The zero-order valence-electron chi connectivity index (χ0n) is 12.0. The number of likely N-dealkylation sites (tertiary alicyclic amines) is 1. The monoisotopic (exact) mass is 288 g/mol. The van der Waals surface area contributed by atoms with Gasteiger partial charge >= 0.3 is 0 Å². The number of amides is 1. The number of ether oxygens (including phenoxy) is 2. The normalized spacial score (nSPS) is 30.0. The van der Waals surface area contributed by atoms with E-state index >= 15 is 0 Å². The summed E-state index contributed by atoms with van der Waals surface area (Å²) >= 11 is 0. The van der Waals surface area contributed by atoms with Crippen LogP contribution in [0.2, 0.25) is 0 Å². The maximum Gasteiger partial charge on any atom is 0.241 e. The van der Waals surface area contributed by atoms with Crippen molar-refractivity contribution in [3.63, 3.8) is 0 Å². The fourth-order valence-electron chi connectivity index (χ4n) is 3.65. The maximum atomic E-state index is 12.6. The average molecular weight is 288 g/mol. The third-order valence-electron chi connectivity index (χ3n) is 4.70. The first-order valence-electron chi connectivity index (χ1n) is 7.71. The molecule has 2 fully saturated rings. The Morgan fingerprint density at radius 1 is 1.19 bits per heavy atom. The third-order valence-corrected chi connectivity index (χ3v) is 4.70. The van der Waals surface area contributed by atoms with Crippen molar-refractivity contribution in [1.29, 1.82) is 0 Å². The Kier molecular flexibility index (Phi) is 3.31. The molecule has 4 rings (SSSR count). The van der Waals surface area contributed by atoms with Gasteiger partial charge in [0.05, 0.1) is 11.7 Å². The number of hydrogen-bond acceptors (Lipinski definition) is 4. The van der Waals surface area contributed by atoms with Crippen molar-refractivity contribution >= 4 is 11.6 Å². The van der Waals surface area contributed by atoms with Crippen molar-refractivity contribution in [3.05, 3.63) is 24.3 Å². The van der Waals surface area contributed by atoms with Gasteiger partial charge in [0.2, 0.25) is 5.91 Å². The predicted molar refractivity (Wildman–Crippen MR) is 78.4 cm³/mol. The number of anilines is 1. The summed E-state index contributed by atoms with van der Waals surface area (Å²) in [5.41, 5.74) is 0.783. The molecule has 0 aromatic heterocycles. The highest BCUT2D eigenvalue weighted by molar-refractivity contribution is 5.96. The van der Waals surface area contributed by atoms with E-state index in [0.29, 0.717) is 6.04 Å². The van der Waals surface area contributed by atoms with Crippen molar-refractivity contribution < 1.29 is 14.3 Å². The van der Waals surface area contributed by atoms with Crippen LogP contribution in [0.15, 0.2) is 24.3 Å². The van der Waals surface area contributed by atoms with Crippen LogP contribution in [0.4, 0.5) is 5.69 Å². The number of para-hydroxylation sites is 2. The van der Waals surface area contributed by atoms with Crippen LogP contribution in [-0.4, -0.2) is 48.8 Å². The molecule has 1 aromatic carbocycles. The lowest BCUT2D eigenvalue weighted by molar-refractivity contribution is -0.121. The van der Waals surface area contributed by atoms with Gasteiger partial charge in [-0.3, -0.25) is 9.69 Å². The van der Waals surface area contributed by atoms with Gasteiger partial charge in [-0.1, -0.05) is 12.1 Å². The minimum atomic E-state index is -0.0774. The summed E-state index contributed by atoms with van der Waals surface area (Å²) in [7, 11) is 0.